The maximum Gasteiger partial charge on any atom is 0.216 e. The van der Waals surface area contributed by atoms with E-state index in [2.05, 4.69) is 25.9 Å². The lowest BCUT2D eigenvalue weighted by Gasteiger charge is -2.12. The number of nitrogens with zero attached hydrogens (tertiary/aromatic N) is 2. The van der Waals surface area contributed by atoms with E-state index in [4.69, 9.17) is 4.74 Å². The lowest BCUT2D eigenvalue weighted by Crippen LogP contribution is -2.06. The van der Waals surface area contributed by atoms with E-state index in [-0.39, 0.29) is 5.82 Å². The minimum atomic E-state index is -0.807. The van der Waals surface area contributed by atoms with Crippen molar-refractivity contribution in [2.24, 2.45) is 0 Å². The van der Waals surface area contributed by atoms with Gasteiger partial charge < -0.3 is 9.84 Å². The summed E-state index contributed by atoms with van der Waals surface area (Å²) in [6.07, 6.45) is 0.844. The smallest absolute Gasteiger partial charge is 0.216 e. The Labute approximate surface area is 118 Å². The Balaban J connectivity index is 2.17. The largest absolute Gasteiger partial charge is 0.481 e. The Bertz CT molecular complexity index is 580. The maximum absolute atomic E-state index is 13.0. The van der Waals surface area contributed by atoms with Crippen LogP contribution in [0.3, 0.4) is 0 Å². The van der Waals surface area contributed by atoms with Crippen LogP contribution in [-0.2, 0) is 6.42 Å². The molecule has 0 bridgehead atoms. The van der Waals surface area contributed by atoms with Gasteiger partial charge >= 0.3 is 0 Å². The lowest BCUT2D eigenvalue weighted by molar-refractivity contribution is 0.172. The van der Waals surface area contributed by atoms with Crippen molar-refractivity contribution in [1.82, 2.24) is 9.97 Å². The first-order valence-corrected chi connectivity index (χ1v) is 6.37. The molecule has 0 aliphatic heterocycles. The highest BCUT2D eigenvalue weighted by atomic mass is 79.9. The minimum absolute atomic E-state index is 0.320. The van der Waals surface area contributed by atoms with Crippen molar-refractivity contribution in [3.63, 3.8) is 0 Å². The van der Waals surface area contributed by atoms with Gasteiger partial charge in [0.1, 0.15) is 18.2 Å². The van der Waals surface area contributed by atoms with Gasteiger partial charge in [-0.1, -0.05) is 22.0 Å². The SMILES string of the molecule is COc1cc(C(O)Cc2ccc(F)cc2Br)ncn1. The summed E-state index contributed by atoms with van der Waals surface area (Å²) in [5, 5.41) is 10.1. The molecule has 1 aromatic heterocycles. The molecule has 1 atom stereocenters. The standard InChI is InChI=1S/C13H12BrFN2O2/c1-19-13-6-11(16-7-17-13)12(18)4-8-2-3-9(15)5-10(8)14/h2-3,5-7,12,18H,4H2,1H3. The first kappa shape index (κ1) is 13.9. The van der Waals surface area contributed by atoms with Crippen molar-refractivity contribution in [3.05, 3.63) is 52.1 Å². The summed E-state index contributed by atoms with van der Waals surface area (Å²) in [5.41, 5.74) is 1.26. The number of methoxy groups -OCH3 is 1. The van der Waals surface area contributed by atoms with Crippen molar-refractivity contribution >= 4 is 15.9 Å². The zero-order chi connectivity index (χ0) is 13.8. The Morgan fingerprint density at radius 2 is 2.16 bits per heavy atom. The molecule has 0 fully saturated rings. The fourth-order valence-corrected chi connectivity index (χ4v) is 2.16. The van der Waals surface area contributed by atoms with E-state index in [0.717, 1.165) is 5.56 Å². The topological polar surface area (TPSA) is 55.2 Å². The van der Waals surface area contributed by atoms with Crippen LogP contribution in [0, 0.1) is 5.82 Å². The van der Waals surface area contributed by atoms with E-state index in [0.29, 0.717) is 22.5 Å². The third kappa shape index (κ3) is 3.48. The van der Waals surface area contributed by atoms with Crippen LogP contribution in [0.1, 0.15) is 17.4 Å². The molecule has 6 heteroatoms. The molecule has 19 heavy (non-hydrogen) atoms. The minimum Gasteiger partial charge on any atom is -0.481 e. The summed E-state index contributed by atoms with van der Waals surface area (Å²) in [4.78, 5) is 7.87. The first-order chi connectivity index (χ1) is 9.10. The van der Waals surface area contributed by atoms with E-state index in [1.54, 1.807) is 12.1 Å². The number of hydrogen-bond acceptors (Lipinski definition) is 4. The van der Waals surface area contributed by atoms with Gasteiger partial charge in [-0.3, -0.25) is 0 Å². The third-order valence-corrected chi connectivity index (χ3v) is 3.38. The fraction of sp³-hybridized carbons (Fsp3) is 0.231. The molecule has 0 amide bonds. The number of benzene rings is 1. The predicted molar refractivity (Wildman–Crippen MR) is 71.3 cm³/mol. The third-order valence-electron chi connectivity index (χ3n) is 2.64. The molecule has 1 unspecified atom stereocenters. The molecule has 1 aromatic carbocycles. The molecule has 2 rings (SSSR count). The second-order valence-corrected chi connectivity index (χ2v) is 4.80. The normalized spacial score (nSPS) is 12.2. The molecule has 0 aliphatic carbocycles. The summed E-state index contributed by atoms with van der Waals surface area (Å²) in [6, 6.07) is 5.92. The second kappa shape index (κ2) is 6.08. The fourth-order valence-electron chi connectivity index (χ4n) is 1.65. The van der Waals surface area contributed by atoms with Crippen molar-refractivity contribution in [2.45, 2.75) is 12.5 Å². The summed E-state index contributed by atoms with van der Waals surface area (Å²) >= 11 is 3.27. The van der Waals surface area contributed by atoms with Crippen molar-refractivity contribution in [1.29, 1.82) is 0 Å². The first-order valence-electron chi connectivity index (χ1n) is 5.58. The molecule has 0 aliphatic rings. The van der Waals surface area contributed by atoms with E-state index in [9.17, 15) is 9.50 Å². The maximum atomic E-state index is 13.0. The van der Waals surface area contributed by atoms with Crippen LogP contribution in [-0.4, -0.2) is 22.2 Å². The molecule has 0 saturated carbocycles. The molecule has 100 valence electrons. The molecular weight excluding hydrogens is 315 g/mol. The van der Waals surface area contributed by atoms with Crippen LogP contribution >= 0.6 is 15.9 Å². The number of halogens is 2. The highest BCUT2D eigenvalue weighted by Gasteiger charge is 2.13. The van der Waals surface area contributed by atoms with Crippen LogP contribution in [0.5, 0.6) is 5.88 Å². The summed E-state index contributed by atoms with van der Waals surface area (Å²) in [5.74, 6) is 0.0658. The number of rotatable bonds is 4. The van der Waals surface area contributed by atoms with Gasteiger partial charge in [0.05, 0.1) is 12.8 Å². The Morgan fingerprint density at radius 1 is 1.37 bits per heavy atom. The monoisotopic (exact) mass is 326 g/mol. The van der Waals surface area contributed by atoms with Crippen LogP contribution in [0.2, 0.25) is 0 Å². The molecular formula is C13H12BrFN2O2. The molecule has 1 heterocycles. The molecule has 0 radical (unpaired) electrons. The van der Waals surface area contributed by atoms with Gasteiger partial charge in [-0.05, 0) is 17.7 Å². The van der Waals surface area contributed by atoms with Crippen molar-refractivity contribution in [2.75, 3.05) is 7.11 Å². The van der Waals surface area contributed by atoms with Gasteiger partial charge in [-0.2, -0.15) is 0 Å². The number of aromatic nitrogens is 2. The van der Waals surface area contributed by atoms with Gasteiger partial charge in [0.25, 0.3) is 0 Å². The van der Waals surface area contributed by atoms with Crippen LogP contribution < -0.4 is 4.74 Å². The molecule has 2 aromatic rings. The van der Waals surface area contributed by atoms with Gasteiger partial charge in [0.2, 0.25) is 5.88 Å². The zero-order valence-electron chi connectivity index (χ0n) is 10.2. The lowest BCUT2D eigenvalue weighted by atomic mass is 10.1. The quantitative estimate of drug-likeness (QED) is 0.938. The molecule has 0 spiro atoms. The molecule has 0 saturated heterocycles. The van der Waals surface area contributed by atoms with Crippen LogP contribution in [0.15, 0.2) is 35.1 Å². The van der Waals surface area contributed by atoms with Gasteiger partial charge in [0.15, 0.2) is 0 Å². The predicted octanol–water partition coefficient (Wildman–Crippen LogP) is 2.66. The summed E-state index contributed by atoms with van der Waals surface area (Å²) in [7, 11) is 1.50. The van der Waals surface area contributed by atoms with Gasteiger partial charge in [-0.15, -0.1) is 0 Å². The average Bonchev–Trinajstić information content (AvgIpc) is 2.42. The van der Waals surface area contributed by atoms with E-state index >= 15 is 0 Å². The number of aliphatic hydroxyl groups is 1. The number of aliphatic hydroxyl groups excluding tert-OH is 1. The van der Waals surface area contributed by atoms with Crippen LogP contribution in [0.25, 0.3) is 0 Å². The van der Waals surface area contributed by atoms with Crippen LogP contribution in [0.4, 0.5) is 4.39 Å². The Kier molecular flexibility index (Phi) is 4.44. The summed E-state index contributed by atoms with van der Waals surface area (Å²) in [6.45, 7) is 0. The van der Waals surface area contributed by atoms with Crippen molar-refractivity contribution < 1.29 is 14.2 Å². The number of ether oxygens (including phenoxy) is 1. The highest BCUT2D eigenvalue weighted by molar-refractivity contribution is 9.10. The zero-order valence-corrected chi connectivity index (χ0v) is 11.8. The van der Waals surface area contributed by atoms with Gasteiger partial charge in [-0.25, -0.2) is 14.4 Å². The average molecular weight is 327 g/mol. The second-order valence-electron chi connectivity index (χ2n) is 3.94. The van der Waals surface area contributed by atoms with Crippen molar-refractivity contribution in [3.8, 4) is 5.88 Å². The highest BCUT2D eigenvalue weighted by Crippen LogP contribution is 2.24. The Morgan fingerprint density at radius 3 is 2.84 bits per heavy atom. The van der Waals surface area contributed by atoms with E-state index in [1.165, 1.54) is 25.6 Å². The number of hydrogen-bond donors (Lipinski definition) is 1. The molecule has 1 N–H and O–H groups in total. The molecule has 4 nitrogen and oxygen atoms in total. The summed E-state index contributed by atoms with van der Waals surface area (Å²) < 4.78 is 18.6. The van der Waals surface area contributed by atoms with Gasteiger partial charge in [0, 0.05) is 17.0 Å². The Hall–Kier alpha value is -1.53. The van der Waals surface area contributed by atoms with E-state index < -0.39 is 6.10 Å². The van der Waals surface area contributed by atoms with E-state index in [1.807, 2.05) is 0 Å².